The maximum absolute atomic E-state index is 12.5. The van der Waals surface area contributed by atoms with Crippen LogP contribution in [0.1, 0.15) is 120 Å². The van der Waals surface area contributed by atoms with Crippen molar-refractivity contribution in [1.29, 1.82) is 0 Å². The molecule has 7 heteroatoms. The van der Waals surface area contributed by atoms with Crippen molar-refractivity contribution in [2.45, 2.75) is 116 Å². The van der Waals surface area contributed by atoms with Gasteiger partial charge in [0.2, 0.25) is 0 Å². The summed E-state index contributed by atoms with van der Waals surface area (Å²) in [7, 11) is 0. The third kappa shape index (κ3) is 9.00. The molecule has 0 N–H and O–H groups in total. The lowest BCUT2D eigenvalue weighted by Crippen LogP contribution is -2.42. The molecule has 0 amide bonds. The first-order chi connectivity index (χ1) is 23.1. The number of benzene rings is 2. The molecule has 4 atom stereocenters. The lowest BCUT2D eigenvalue weighted by Gasteiger charge is -2.48. The van der Waals surface area contributed by atoms with Gasteiger partial charge in [0.25, 0.3) is 0 Å². The molecule has 0 bridgehead atoms. The number of ketones is 1. The molecule has 6 rings (SSSR count). The molecular weight excluding hydrogens is 613 g/mol. The van der Waals surface area contributed by atoms with Crippen LogP contribution in [-0.4, -0.2) is 18.4 Å². The number of hydrogen-bond acceptors (Lipinski definition) is 4. The summed E-state index contributed by atoms with van der Waals surface area (Å²) in [4.78, 5) is 24.5. The van der Waals surface area contributed by atoms with E-state index < -0.39 is 11.7 Å². The van der Waals surface area contributed by atoms with E-state index in [2.05, 4.69) is 37.3 Å². The van der Waals surface area contributed by atoms with E-state index in [0.717, 1.165) is 69.9 Å². The first kappa shape index (κ1) is 35.9. The van der Waals surface area contributed by atoms with Crippen molar-refractivity contribution in [3.63, 3.8) is 0 Å². The van der Waals surface area contributed by atoms with Gasteiger partial charge in [-0.25, -0.2) is 0 Å². The molecule has 0 heterocycles. The Balaban J connectivity index is 0.000000199. The van der Waals surface area contributed by atoms with Crippen LogP contribution >= 0.6 is 0 Å². The number of carbonyl (C=O) groups is 2. The monoisotopic (exact) mass is 664 g/mol. The second-order valence-electron chi connectivity index (χ2n) is 14.3. The number of aryl methyl sites for hydroxylation is 1. The average molecular weight is 665 g/mol. The summed E-state index contributed by atoms with van der Waals surface area (Å²) in [5.74, 6) is 3.76. The minimum atomic E-state index is -4.32. The van der Waals surface area contributed by atoms with Gasteiger partial charge in [-0.1, -0.05) is 56.2 Å². The third-order valence-electron chi connectivity index (χ3n) is 11.1. The van der Waals surface area contributed by atoms with Crippen molar-refractivity contribution in [3.05, 3.63) is 83.5 Å². The van der Waals surface area contributed by atoms with E-state index in [0.29, 0.717) is 48.2 Å². The van der Waals surface area contributed by atoms with Crippen molar-refractivity contribution in [1.82, 2.24) is 0 Å². The number of Topliss-reactive ketones (excluding diaryl/α,β-unsaturated/α-hetero) is 1. The zero-order chi connectivity index (χ0) is 34.1. The summed E-state index contributed by atoms with van der Waals surface area (Å²) in [6.45, 7) is 4.62. The van der Waals surface area contributed by atoms with Gasteiger partial charge in [0.1, 0.15) is 17.3 Å². The highest BCUT2D eigenvalue weighted by atomic mass is 19.4. The molecule has 0 saturated heterocycles. The van der Waals surface area contributed by atoms with Crippen molar-refractivity contribution < 1.29 is 32.2 Å². The Bertz CT molecular complexity index is 1450. The molecule has 0 radical (unpaired) electrons. The number of rotatable bonds is 10. The molecule has 4 aliphatic carbocycles. The predicted octanol–water partition coefficient (Wildman–Crippen LogP) is 11.0. The summed E-state index contributed by atoms with van der Waals surface area (Å²) in [6, 6.07) is 11.3. The molecule has 0 aromatic heterocycles. The summed E-state index contributed by atoms with van der Waals surface area (Å²) < 4.78 is 48.5. The number of allylic oxidation sites excluding steroid dienone is 3. The Morgan fingerprint density at radius 2 is 1.77 bits per heavy atom. The molecule has 2 aromatic carbocycles. The van der Waals surface area contributed by atoms with Gasteiger partial charge in [-0.3, -0.25) is 9.59 Å². The molecule has 4 unspecified atom stereocenters. The molecular formula is C41H51F3O4. The SMILES string of the molecule is C/C=C\CCCC(=O)Oc1ccc2c(c1)CCC1C2CCC2(C)C(=O)CCC12.FC(F)(F)c1cccc(OCC/C=C/C2CCCC2)c1. The fraction of sp³-hybridized carbons (Fsp3) is 0.561. The standard InChI is InChI=1S/C25H32O3.C16H19F3O/c1-3-4-5-6-7-24(27)28-18-9-11-19-17(16-18)8-10-21-20(19)14-15-25(2)22(21)12-13-23(25)26;17-16(18,19)14-9-5-10-15(12-14)20-11-4-3-8-13-6-1-2-7-13/h3-4,9,11,16,20-22H,5-8,10,12-15H2,1-2H3;3,5,8-10,12-13H,1-2,4,6-7,11H2/b4-3-;8-3+. The largest absolute Gasteiger partial charge is 0.493 e. The van der Waals surface area contributed by atoms with E-state index in [1.165, 1.54) is 42.9 Å². The van der Waals surface area contributed by atoms with Crippen LogP contribution in [-0.2, 0) is 22.2 Å². The van der Waals surface area contributed by atoms with Crippen LogP contribution in [0, 0.1) is 23.2 Å². The van der Waals surface area contributed by atoms with Crippen LogP contribution in [0.25, 0.3) is 0 Å². The lowest BCUT2D eigenvalue weighted by molar-refractivity contribution is -0.138. The van der Waals surface area contributed by atoms with E-state index in [4.69, 9.17) is 9.47 Å². The normalized spacial score (nSPS) is 25.4. The Morgan fingerprint density at radius 3 is 2.54 bits per heavy atom. The molecule has 3 saturated carbocycles. The zero-order valence-electron chi connectivity index (χ0n) is 28.5. The van der Waals surface area contributed by atoms with Gasteiger partial charge in [0, 0.05) is 18.3 Å². The highest BCUT2D eigenvalue weighted by molar-refractivity contribution is 5.87. The van der Waals surface area contributed by atoms with E-state index >= 15 is 0 Å². The minimum absolute atomic E-state index is 0.0683. The second-order valence-corrected chi connectivity index (χ2v) is 14.3. The second kappa shape index (κ2) is 16.4. The molecule has 0 spiro atoms. The van der Waals surface area contributed by atoms with Crippen molar-refractivity contribution in [2.75, 3.05) is 6.61 Å². The van der Waals surface area contributed by atoms with Gasteiger partial charge in [-0.05, 0) is 136 Å². The van der Waals surface area contributed by atoms with Crippen LogP contribution in [0.5, 0.6) is 11.5 Å². The Kier molecular flexibility index (Phi) is 12.3. The fourth-order valence-corrected chi connectivity index (χ4v) is 8.55. The number of unbranched alkanes of at least 4 members (excludes halogenated alkanes) is 1. The number of halogens is 3. The topological polar surface area (TPSA) is 52.6 Å². The van der Waals surface area contributed by atoms with Gasteiger partial charge in [0.05, 0.1) is 12.2 Å². The van der Waals surface area contributed by atoms with Gasteiger partial charge in [-0.15, -0.1) is 0 Å². The smallest absolute Gasteiger partial charge is 0.416 e. The van der Waals surface area contributed by atoms with Crippen LogP contribution < -0.4 is 9.47 Å². The number of alkyl halides is 3. The van der Waals surface area contributed by atoms with E-state index in [9.17, 15) is 22.8 Å². The molecule has 0 aliphatic heterocycles. The molecule has 3 fully saturated rings. The van der Waals surface area contributed by atoms with Gasteiger partial charge >= 0.3 is 12.1 Å². The molecule has 48 heavy (non-hydrogen) atoms. The molecule has 4 nitrogen and oxygen atoms in total. The predicted molar refractivity (Wildman–Crippen MR) is 183 cm³/mol. The molecule has 4 aliphatic rings. The van der Waals surface area contributed by atoms with Crippen LogP contribution in [0.3, 0.4) is 0 Å². The molecule has 260 valence electrons. The highest BCUT2D eigenvalue weighted by Gasteiger charge is 2.54. The summed E-state index contributed by atoms with van der Waals surface area (Å²) in [6.07, 6.45) is 18.3. The minimum Gasteiger partial charge on any atom is -0.493 e. The highest BCUT2D eigenvalue weighted by Crippen LogP contribution is 2.59. The van der Waals surface area contributed by atoms with E-state index in [-0.39, 0.29) is 17.1 Å². The molecule has 2 aromatic rings. The number of esters is 1. The Hall–Kier alpha value is -3.35. The lowest BCUT2D eigenvalue weighted by atomic mass is 9.55. The quantitative estimate of drug-likeness (QED) is 0.110. The summed E-state index contributed by atoms with van der Waals surface area (Å²) in [5.41, 5.74) is 2.04. The van der Waals surface area contributed by atoms with E-state index in [1.807, 2.05) is 19.1 Å². The number of hydrogen-bond donors (Lipinski definition) is 0. The first-order valence-corrected chi connectivity index (χ1v) is 18.0. The number of ether oxygens (including phenoxy) is 2. The third-order valence-corrected chi connectivity index (χ3v) is 11.1. The van der Waals surface area contributed by atoms with Crippen molar-refractivity contribution in [2.24, 2.45) is 23.2 Å². The number of carbonyl (C=O) groups excluding carboxylic acids is 2. The van der Waals surface area contributed by atoms with Gasteiger partial charge in [-0.2, -0.15) is 13.2 Å². The Labute approximate surface area is 284 Å². The van der Waals surface area contributed by atoms with Crippen LogP contribution in [0.4, 0.5) is 13.2 Å². The first-order valence-electron chi connectivity index (χ1n) is 18.0. The van der Waals surface area contributed by atoms with Gasteiger partial charge < -0.3 is 9.47 Å². The van der Waals surface area contributed by atoms with Gasteiger partial charge in [0.15, 0.2) is 0 Å². The maximum Gasteiger partial charge on any atom is 0.416 e. The van der Waals surface area contributed by atoms with E-state index in [1.54, 1.807) is 6.07 Å². The average Bonchev–Trinajstić information content (AvgIpc) is 3.70. The summed E-state index contributed by atoms with van der Waals surface area (Å²) in [5, 5.41) is 0. The zero-order valence-corrected chi connectivity index (χ0v) is 28.5. The maximum atomic E-state index is 12.5. The van der Waals surface area contributed by atoms with Crippen LogP contribution in [0.2, 0.25) is 0 Å². The fourth-order valence-electron chi connectivity index (χ4n) is 8.55. The van der Waals surface area contributed by atoms with Crippen LogP contribution in [0.15, 0.2) is 66.8 Å². The Morgan fingerprint density at radius 1 is 0.958 bits per heavy atom. The van der Waals surface area contributed by atoms with Crippen molar-refractivity contribution in [3.8, 4) is 11.5 Å². The summed E-state index contributed by atoms with van der Waals surface area (Å²) >= 11 is 0. The number of fused-ring (bicyclic) bond motifs is 5. The van der Waals surface area contributed by atoms with Crippen molar-refractivity contribution >= 4 is 11.8 Å².